The van der Waals surface area contributed by atoms with E-state index in [9.17, 15) is 10.1 Å². The zero-order valence-electron chi connectivity index (χ0n) is 12.0. The predicted octanol–water partition coefficient (Wildman–Crippen LogP) is 1.79. The number of nitrogens with zero attached hydrogens (tertiary/aromatic N) is 3. The highest BCUT2D eigenvalue weighted by atomic mass is 16.6. The van der Waals surface area contributed by atoms with E-state index in [4.69, 9.17) is 10.5 Å². The van der Waals surface area contributed by atoms with E-state index in [1.807, 2.05) is 6.92 Å². The lowest BCUT2D eigenvalue weighted by Crippen LogP contribution is -2.35. The molecule has 20 heavy (non-hydrogen) atoms. The van der Waals surface area contributed by atoms with E-state index in [1.165, 1.54) is 4.68 Å². The Hall–Kier alpha value is -1.63. The molecular weight excluding hydrogens is 260 g/mol. The fourth-order valence-corrected chi connectivity index (χ4v) is 2.85. The van der Waals surface area contributed by atoms with Crippen LogP contribution in [-0.2, 0) is 13.5 Å². The lowest BCUT2D eigenvalue weighted by atomic mass is 9.86. The zero-order valence-corrected chi connectivity index (χ0v) is 12.0. The summed E-state index contributed by atoms with van der Waals surface area (Å²) in [4.78, 5) is 10.9. The molecule has 7 heteroatoms. The molecule has 1 aromatic heterocycles. The lowest BCUT2D eigenvalue weighted by Gasteiger charge is -2.30. The van der Waals surface area contributed by atoms with Crippen molar-refractivity contribution in [3.05, 3.63) is 15.8 Å². The van der Waals surface area contributed by atoms with Crippen LogP contribution < -0.4 is 10.5 Å². The summed E-state index contributed by atoms with van der Waals surface area (Å²) in [6.45, 7) is 2.40. The summed E-state index contributed by atoms with van der Waals surface area (Å²) < 4.78 is 7.41. The van der Waals surface area contributed by atoms with Gasteiger partial charge in [0.15, 0.2) is 0 Å². The van der Waals surface area contributed by atoms with Crippen LogP contribution in [0.2, 0.25) is 0 Å². The minimum Gasteiger partial charge on any atom is -0.469 e. The molecule has 1 aliphatic rings. The van der Waals surface area contributed by atoms with Crippen LogP contribution in [0.1, 0.15) is 38.3 Å². The number of rotatable bonds is 5. The topological polar surface area (TPSA) is 96.2 Å². The Labute approximate surface area is 118 Å². The van der Waals surface area contributed by atoms with Gasteiger partial charge in [0.05, 0.1) is 4.92 Å². The number of ether oxygens (including phenoxy) is 1. The van der Waals surface area contributed by atoms with E-state index in [0.717, 1.165) is 25.7 Å². The van der Waals surface area contributed by atoms with E-state index >= 15 is 0 Å². The summed E-state index contributed by atoms with van der Waals surface area (Å²) >= 11 is 0. The third kappa shape index (κ3) is 2.77. The van der Waals surface area contributed by atoms with Crippen LogP contribution >= 0.6 is 0 Å². The van der Waals surface area contributed by atoms with E-state index < -0.39 is 4.92 Å². The third-order valence-electron chi connectivity index (χ3n) is 3.96. The van der Waals surface area contributed by atoms with Gasteiger partial charge in [-0.3, -0.25) is 10.1 Å². The van der Waals surface area contributed by atoms with Gasteiger partial charge in [-0.15, -0.1) is 0 Å². The van der Waals surface area contributed by atoms with Crippen LogP contribution in [0.3, 0.4) is 0 Å². The van der Waals surface area contributed by atoms with Gasteiger partial charge in [-0.1, -0.05) is 13.3 Å². The molecule has 0 saturated heterocycles. The predicted molar refractivity (Wildman–Crippen MR) is 74.7 cm³/mol. The second-order valence-corrected chi connectivity index (χ2v) is 5.27. The number of hydrogen-bond donors (Lipinski definition) is 1. The molecule has 0 amide bonds. The third-order valence-corrected chi connectivity index (χ3v) is 3.96. The van der Waals surface area contributed by atoms with Crippen molar-refractivity contribution in [3.8, 4) is 5.88 Å². The smallest absolute Gasteiger partial charge is 0.353 e. The number of hydrogen-bond acceptors (Lipinski definition) is 5. The minimum atomic E-state index is -0.401. The van der Waals surface area contributed by atoms with Crippen LogP contribution in [0, 0.1) is 16.0 Å². The molecule has 0 bridgehead atoms. The lowest BCUT2D eigenvalue weighted by molar-refractivity contribution is -0.386. The van der Waals surface area contributed by atoms with Crippen LogP contribution in [0.4, 0.5) is 5.69 Å². The first-order chi connectivity index (χ1) is 9.58. The van der Waals surface area contributed by atoms with Crippen molar-refractivity contribution in [3.63, 3.8) is 0 Å². The molecule has 1 fully saturated rings. The van der Waals surface area contributed by atoms with Gasteiger partial charge in [0.25, 0.3) is 5.88 Å². The Balaban J connectivity index is 2.28. The SMILES string of the molecule is CCc1nn(C)c(OC2CCCCC2CN)c1[N+](=O)[O-]. The second-order valence-electron chi connectivity index (χ2n) is 5.27. The zero-order chi connectivity index (χ0) is 14.7. The first-order valence-electron chi connectivity index (χ1n) is 7.15. The maximum Gasteiger partial charge on any atom is 0.353 e. The molecule has 2 atom stereocenters. The molecule has 0 aromatic carbocycles. The Morgan fingerprint density at radius 2 is 2.20 bits per heavy atom. The van der Waals surface area contributed by atoms with E-state index in [2.05, 4.69) is 5.10 Å². The largest absolute Gasteiger partial charge is 0.469 e. The van der Waals surface area contributed by atoms with Crippen molar-refractivity contribution in [2.24, 2.45) is 18.7 Å². The second kappa shape index (κ2) is 6.21. The molecule has 2 unspecified atom stereocenters. The maximum atomic E-state index is 11.3. The van der Waals surface area contributed by atoms with E-state index in [-0.39, 0.29) is 23.6 Å². The molecule has 0 radical (unpaired) electrons. The standard InChI is InChI=1S/C13H22N4O3/c1-3-10-12(17(18)19)13(16(2)15-10)20-11-7-5-4-6-9(11)8-14/h9,11H,3-8,14H2,1-2H3. The Bertz CT molecular complexity index is 486. The van der Waals surface area contributed by atoms with Crippen LogP contribution in [0.25, 0.3) is 0 Å². The average Bonchev–Trinajstić information content (AvgIpc) is 2.76. The molecule has 7 nitrogen and oxygen atoms in total. The molecule has 0 aliphatic heterocycles. The van der Waals surface area contributed by atoms with Gasteiger partial charge in [-0.25, -0.2) is 4.68 Å². The molecule has 0 spiro atoms. The van der Waals surface area contributed by atoms with Crippen molar-refractivity contribution < 1.29 is 9.66 Å². The van der Waals surface area contributed by atoms with Gasteiger partial charge >= 0.3 is 5.69 Å². The quantitative estimate of drug-likeness (QED) is 0.656. The van der Waals surface area contributed by atoms with E-state index in [1.54, 1.807) is 7.05 Å². The van der Waals surface area contributed by atoms with Gasteiger partial charge in [0, 0.05) is 13.0 Å². The number of nitro groups is 1. The molecule has 2 N–H and O–H groups in total. The molecule has 1 aromatic rings. The first-order valence-corrected chi connectivity index (χ1v) is 7.15. The highest BCUT2D eigenvalue weighted by Crippen LogP contribution is 2.35. The molecular formula is C13H22N4O3. The van der Waals surface area contributed by atoms with Gasteiger partial charge in [0.1, 0.15) is 11.8 Å². The highest BCUT2D eigenvalue weighted by molar-refractivity contribution is 5.46. The maximum absolute atomic E-state index is 11.3. The van der Waals surface area contributed by atoms with Crippen molar-refractivity contribution in [2.45, 2.75) is 45.1 Å². The van der Waals surface area contributed by atoms with Crippen molar-refractivity contribution in [2.75, 3.05) is 6.54 Å². The molecule has 1 saturated carbocycles. The van der Waals surface area contributed by atoms with Gasteiger partial charge in [-0.05, 0) is 32.2 Å². The Kier molecular flexibility index (Phi) is 4.59. The molecule has 112 valence electrons. The van der Waals surface area contributed by atoms with Gasteiger partial charge in [0.2, 0.25) is 0 Å². The van der Waals surface area contributed by atoms with E-state index in [0.29, 0.717) is 18.7 Å². The van der Waals surface area contributed by atoms with Crippen LogP contribution in [-0.4, -0.2) is 27.4 Å². The monoisotopic (exact) mass is 282 g/mol. The fourth-order valence-electron chi connectivity index (χ4n) is 2.85. The molecule has 1 heterocycles. The van der Waals surface area contributed by atoms with Gasteiger partial charge < -0.3 is 10.5 Å². The highest BCUT2D eigenvalue weighted by Gasteiger charge is 2.32. The van der Waals surface area contributed by atoms with Crippen LogP contribution in [0.15, 0.2) is 0 Å². The summed E-state index contributed by atoms with van der Waals surface area (Å²) in [5.41, 5.74) is 6.24. The van der Waals surface area contributed by atoms with Crippen molar-refractivity contribution >= 4 is 5.69 Å². The summed E-state index contributed by atoms with van der Waals surface area (Å²) in [6, 6.07) is 0. The van der Waals surface area contributed by atoms with Crippen molar-refractivity contribution in [1.82, 2.24) is 9.78 Å². The summed E-state index contributed by atoms with van der Waals surface area (Å²) in [7, 11) is 1.68. The number of nitrogens with two attached hydrogens (primary N) is 1. The Morgan fingerprint density at radius 1 is 1.50 bits per heavy atom. The normalized spacial score (nSPS) is 22.8. The summed E-state index contributed by atoms with van der Waals surface area (Å²) in [5, 5.41) is 15.4. The minimum absolute atomic E-state index is 0.00338. The summed E-state index contributed by atoms with van der Waals surface area (Å²) in [6.07, 6.45) is 4.60. The fraction of sp³-hybridized carbons (Fsp3) is 0.769. The van der Waals surface area contributed by atoms with Crippen molar-refractivity contribution in [1.29, 1.82) is 0 Å². The number of aromatic nitrogens is 2. The van der Waals surface area contributed by atoms with Crippen LogP contribution in [0.5, 0.6) is 5.88 Å². The summed E-state index contributed by atoms with van der Waals surface area (Å²) in [5.74, 6) is 0.528. The molecule has 2 rings (SSSR count). The van der Waals surface area contributed by atoms with Gasteiger partial charge in [-0.2, -0.15) is 5.10 Å². The average molecular weight is 282 g/mol. The molecule has 1 aliphatic carbocycles. The first kappa shape index (κ1) is 14.8. The Morgan fingerprint density at radius 3 is 2.80 bits per heavy atom. The number of aryl methyl sites for hydroxylation is 2.